The number of rotatable bonds is 12. The molecule has 1 aromatic heterocycles. The number of aryl methyl sites for hydroxylation is 1. The Morgan fingerprint density at radius 2 is 1.81 bits per heavy atom. The van der Waals surface area contributed by atoms with Gasteiger partial charge >= 0.3 is 0 Å². The van der Waals surface area contributed by atoms with Gasteiger partial charge in [-0.3, -0.25) is 44.7 Å². The normalized spacial score (nSPS) is 21.1. The van der Waals surface area contributed by atoms with Gasteiger partial charge in [0, 0.05) is 131 Å². The highest BCUT2D eigenvalue weighted by Gasteiger charge is 2.39. The predicted molar refractivity (Wildman–Crippen MR) is 237 cm³/mol. The van der Waals surface area contributed by atoms with Gasteiger partial charge in [-0.15, -0.1) is 0 Å². The van der Waals surface area contributed by atoms with E-state index in [1.165, 1.54) is 25.4 Å². The molecular weight excluding hydrogens is 813 g/mol. The van der Waals surface area contributed by atoms with Gasteiger partial charge in [-0.1, -0.05) is 0 Å². The van der Waals surface area contributed by atoms with E-state index in [1.54, 1.807) is 42.4 Å². The van der Waals surface area contributed by atoms with Crippen LogP contribution in [0, 0.1) is 11.3 Å². The van der Waals surface area contributed by atoms with Gasteiger partial charge in [0.1, 0.15) is 11.9 Å². The average molecular weight is 868 g/mol. The predicted octanol–water partition coefficient (Wildman–Crippen LogP) is 3.76. The number of carbonyl (C=O) groups is 5. The van der Waals surface area contributed by atoms with E-state index in [0.717, 1.165) is 12.0 Å². The molecule has 18 heteroatoms. The molecule has 7 rings (SSSR count). The molecule has 63 heavy (non-hydrogen) atoms. The number of amides is 5. The topological polar surface area (TPSA) is 218 Å². The number of hydrogen-bond acceptors (Lipinski definition) is 11. The third-order valence-electron chi connectivity index (χ3n) is 12.6. The van der Waals surface area contributed by atoms with Crippen molar-refractivity contribution in [1.82, 2.24) is 30.7 Å². The molecule has 7 N–H and O–H groups in total. The van der Waals surface area contributed by atoms with E-state index < -0.39 is 24.3 Å². The molecule has 16 nitrogen and oxygen atoms in total. The molecule has 3 saturated heterocycles. The van der Waals surface area contributed by atoms with Gasteiger partial charge in [-0.25, -0.2) is 8.78 Å². The smallest absolute Gasteiger partial charge is 0.264 e. The number of allylic oxidation sites excluding steroid dienone is 1. The lowest BCUT2D eigenvalue weighted by Gasteiger charge is -2.45. The number of nitrogens with one attached hydrogen (secondary N) is 5. The quantitative estimate of drug-likeness (QED) is 0.0880. The van der Waals surface area contributed by atoms with Crippen molar-refractivity contribution in [3.8, 4) is 0 Å². The monoisotopic (exact) mass is 867 g/mol. The number of benzene rings is 2. The maximum absolute atomic E-state index is 14.6. The van der Waals surface area contributed by atoms with Crippen LogP contribution in [0.3, 0.4) is 0 Å². The van der Waals surface area contributed by atoms with Crippen molar-refractivity contribution < 1.29 is 32.8 Å². The van der Waals surface area contributed by atoms with Gasteiger partial charge in [0.25, 0.3) is 12.3 Å². The lowest BCUT2D eigenvalue weighted by molar-refractivity contribution is -0.135. The van der Waals surface area contributed by atoms with Crippen LogP contribution in [0.1, 0.15) is 85.3 Å². The van der Waals surface area contributed by atoms with E-state index in [4.69, 9.17) is 5.73 Å². The van der Waals surface area contributed by atoms with Gasteiger partial charge in [0.05, 0.1) is 11.1 Å². The number of piperidine rings is 3. The summed E-state index contributed by atoms with van der Waals surface area (Å²) >= 11 is 0. The maximum Gasteiger partial charge on any atom is 0.264 e. The second-order valence-corrected chi connectivity index (χ2v) is 16.5. The number of nitrogens with two attached hydrogens (primary N) is 1. The van der Waals surface area contributed by atoms with Crippen molar-refractivity contribution in [2.24, 2.45) is 16.6 Å². The molecule has 3 fully saturated rings. The Morgan fingerprint density at radius 1 is 1.03 bits per heavy atom. The van der Waals surface area contributed by atoms with Crippen LogP contribution in [0.2, 0.25) is 0 Å². The van der Waals surface area contributed by atoms with Crippen molar-refractivity contribution in [3.63, 3.8) is 0 Å². The number of hydrogen-bond donors (Lipinski definition) is 6. The van der Waals surface area contributed by atoms with E-state index in [1.807, 2.05) is 15.9 Å². The van der Waals surface area contributed by atoms with Crippen LogP contribution in [0.25, 0.3) is 16.5 Å². The van der Waals surface area contributed by atoms with Gasteiger partial charge in [-0.05, 0) is 86.1 Å². The largest absolute Gasteiger partial charge is 0.404 e. The molecule has 5 amide bonds. The number of carbonyl (C=O) groups excluding carboxylic acids is 5. The number of alkyl halides is 2. The Morgan fingerprint density at radius 3 is 2.52 bits per heavy atom. The van der Waals surface area contributed by atoms with Crippen LogP contribution in [0.15, 0.2) is 53.8 Å². The molecular formula is C45H55F2N11O5. The molecule has 2 aromatic carbocycles. The van der Waals surface area contributed by atoms with Crippen molar-refractivity contribution in [1.29, 1.82) is 5.41 Å². The number of halogens is 2. The van der Waals surface area contributed by atoms with Crippen LogP contribution in [-0.4, -0.2) is 121 Å². The first kappa shape index (κ1) is 44.7. The molecule has 0 spiro atoms. The summed E-state index contributed by atoms with van der Waals surface area (Å²) in [6, 6.07) is 9.29. The highest BCUT2D eigenvalue weighted by molar-refractivity contribution is 6.11. The summed E-state index contributed by atoms with van der Waals surface area (Å²) < 4.78 is 29.1. The molecule has 0 radical (unpaired) electrons. The highest BCUT2D eigenvalue weighted by atomic mass is 19.3. The zero-order valence-corrected chi connectivity index (χ0v) is 35.6. The third-order valence-corrected chi connectivity index (χ3v) is 12.6. The molecule has 5 heterocycles. The number of nitrogens with zero attached hydrogens (tertiary/aromatic N) is 5. The number of anilines is 2. The average Bonchev–Trinajstić information content (AvgIpc) is 3.28. The van der Waals surface area contributed by atoms with Gasteiger partial charge in [0.15, 0.2) is 0 Å². The summed E-state index contributed by atoms with van der Waals surface area (Å²) in [6.45, 7) is 4.33. The zero-order valence-electron chi connectivity index (χ0n) is 35.6. The standard InChI is InChI=1S/C45H55F2N11O5/c1-26(59)57-20-14-36(34(25-57)43(49)58-17-4-5-27-21-32(28(23-48)24-50-2)33(42(46)47)22-38(27)58)53-29-12-18-56(19-13-29)40(61)11-16-51-35-8-7-31(41-30(35)6-3-15-52-41)44(62)54-37-9-10-39(60)55-45(37)63/h3,6-8,15,21-24,29,34,36-37,42,49,51,53H,4-5,9-14,16-20,25,48H2,1-2H3,(H,54,62)(H,55,60,63)/t34?,36?,37-/m0/s1. The van der Waals surface area contributed by atoms with Crippen molar-refractivity contribution in [3.05, 3.63) is 71.0 Å². The first-order valence-corrected chi connectivity index (χ1v) is 21.6. The van der Waals surface area contributed by atoms with Crippen LogP contribution in [0.4, 0.5) is 20.2 Å². The van der Waals surface area contributed by atoms with Crippen molar-refractivity contribution in [2.75, 3.05) is 56.5 Å². The molecule has 4 aliphatic rings. The van der Waals surface area contributed by atoms with Gasteiger partial charge < -0.3 is 36.4 Å². The summed E-state index contributed by atoms with van der Waals surface area (Å²) in [4.78, 5) is 76.9. The van der Waals surface area contributed by atoms with Gasteiger partial charge in [0.2, 0.25) is 23.6 Å². The minimum Gasteiger partial charge on any atom is -0.404 e. The third kappa shape index (κ3) is 10.0. The second kappa shape index (κ2) is 19.8. The van der Waals surface area contributed by atoms with E-state index in [-0.39, 0.29) is 71.9 Å². The molecule has 2 unspecified atom stereocenters. The molecule has 3 aromatic rings. The number of amidine groups is 1. The summed E-state index contributed by atoms with van der Waals surface area (Å²) in [5, 5.41) is 22.3. The summed E-state index contributed by atoms with van der Waals surface area (Å²) in [6.07, 6.45) is 5.55. The summed E-state index contributed by atoms with van der Waals surface area (Å²) in [5.74, 6) is -1.56. The second-order valence-electron chi connectivity index (χ2n) is 16.5. The van der Waals surface area contributed by atoms with Crippen LogP contribution >= 0.6 is 0 Å². The first-order chi connectivity index (χ1) is 30.4. The van der Waals surface area contributed by atoms with Crippen LogP contribution in [-0.2, 0) is 25.6 Å². The summed E-state index contributed by atoms with van der Waals surface area (Å²) in [7, 11) is 1.56. The van der Waals surface area contributed by atoms with E-state index in [0.29, 0.717) is 98.4 Å². The summed E-state index contributed by atoms with van der Waals surface area (Å²) in [5.41, 5.74) is 9.21. The fourth-order valence-corrected chi connectivity index (χ4v) is 9.22. The lowest BCUT2D eigenvalue weighted by atomic mass is 9.86. The Labute approximate surface area is 364 Å². The minimum atomic E-state index is -2.78. The minimum absolute atomic E-state index is 0.00387. The van der Waals surface area contributed by atoms with Crippen molar-refractivity contribution >= 4 is 69.4 Å². The number of pyridine rings is 1. The number of aliphatic imine (C=N–C) groups is 1. The van der Waals surface area contributed by atoms with Crippen molar-refractivity contribution in [2.45, 2.75) is 82.8 Å². The number of likely N-dealkylation sites (tertiary alicyclic amines) is 2. The molecule has 3 atom stereocenters. The number of fused-ring (bicyclic) bond motifs is 2. The number of aromatic nitrogens is 1. The Bertz CT molecular complexity index is 2330. The SMILES string of the molecule is CN=CC(=CN)c1cc2c(cc1C(F)F)N(C(=N)C1CN(C(C)=O)CCC1NC1CCN(C(=O)CCNc3ccc(C(=O)N[C@H]4CCC(=O)NC4=O)c4ncccc34)CC1)CCC2. The molecule has 4 aliphatic heterocycles. The number of imide groups is 1. The molecule has 0 bridgehead atoms. The maximum atomic E-state index is 14.6. The molecule has 0 aliphatic carbocycles. The fourth-order valence-electron chi connectivity index (χ4n) is 9.22. The zero-order chi connectivity index (χ0) is 44.8. The Balaban J connectivity index is 0.958. The fraction of sp³-hybridized carbons (Fsp3) is 0.467. The van der Waals surface area contributed by atoms with Crippen LogP contribution in [0.5, 0.6) is 0 Å². The van der Waals surface area contributed by atoms with Gasteiger partial charge in [-0.2, -0.15) is 0 Å². The highest BCUT2D eigenvalue weighted by Crippen LogP contribution is 2.38. The van der Waals surface area contributed by atoms with E-state index in [2.05, 4.69) is 31.2 Å². The Kier molecular flexibility index (Phi) is 14.1. The first-order valence-electron chi connectivity index (χ1n) is 21.6. The lowest BCUT2D eigenvalue weighted by Crippen LogP contribution is -2.59. The molecule has 0 saturated carbocycles. The van der Waals surface area contributed by atoms with E-state index >= 15 is 0 Å². The van der Waals surface area contributed by atoms with E-state index in [9.17, 15) is 38.2 Å². The van der Waals surface area contributed by atoms with Crippen LogP contribution < -0.4 is 31.9 Å². The Hall–Kier alpha value is -6.30. The molecule has 334 valence electrons.